The number of rotatable bonds is 5. The molecule has 1 saturated heterocycles. The summed E-state index contributed by atoms with van der Waals surface area (Å²) in [5.41, 5.74) is -0.0474. The van der Waals surface area contributed by atoms with E-state index in [9.17, 15) is 9.90 Å². The molecular weight excluding hydrogens is 324 g/mol. The minimum Gasteiger partial charge on any atom is -0.493 e. The summed E-state index contributed by atoms with van der Waals surface area (Å²) in [6.07, 6.45) is 6.64. The van der Waals surface area contributed by atoms with Gasteiger partial charge in [-0.1, -0.05) is 31.4 Å². The van der Waals surface area contributed by atoms with Gasteiger partial charge in [-0.2, -0.15) is 11.8 Å². The Balaban J connectivity index is 2.00. The van der Waals surface area contributed by atoms with Crippen molar-refractivity contribution in [1.29, 1.82) is 0 Å². The van der Waals surface area contributed by atoms with Gasteiger partial charge in [-0.3, -0.25) is 4.79 Å². The van der Waals surface area contributed by atoms with E-state index in [1.165, 1.54) is 5.75 Å². The van der Waals surface area contributed by atoms with Crippen LogP contribution in [0.5, 0.6) is 11.5 Å². The van der Waals surface area contributed by atoms with Crippen molar-refractivity contribution in [3.05, 3.63) is 23.8 Å². The van der Waals surface area contributed by atoms with Crippen molar-refractivity contribution in [3.8, 4) is 11.5 Å². The topological polar surface area (TPSA) is 55.8 Å². The van der Waals surface area contributed by atoms with E-state index in [4.69, 9.17) is 9.47 Å². The lowest BCUT2D eigenvalue weighted by molar-refractivity contribution is -0.145. The molecule has 1 aromatic rings. The number of thioether (sulfide) groups is 1. The summed E-state index contributed by atoms with van der Waals surface area (Å²) < 4.78 is 11.8. The van der Waals surface area contributed by atoms with Crippen LogP contribution in [0.15, 0.2) is 18.2 Å². The van der Waals surface area contributed by atoms with Crippen LogP contribution in [0.25, 0.3) is 0 Å². The van der Waals surface area contributed by atoms with Crippen molar-refractivity contribution in [2.45, 2.75) is 56.5 Å². The van der Waals surface area contributed by atoms with Gasteiger partial charge in [0.1, 0.15) is 6.10 Å². The molecule has 0 bridgehead atoms. The van der Waals surface area contributed by atoms with E-state index in [1.807, 2.05) is 30.0 Å². The van der Waals surface area contributed by atoms with Crippen molar-refractivity contribution >= 4 is 17.7 Å². The molecule has 0 radical (unpaired) electrons. The highest BCUT2D eigenvalue weighted by Crippen LogP contribution is 2.47. The highest BCUT2D eigenvalue weighted by molar-refractivity contribution is 7.99. The number of carboxylic acids is 1. The van der Waals surface area contributed by atoms with Crippen LogP contribution in [0.1, 0.15) is 50.5 Å². The van der Waals surface area contributed by atoms with E-state index in [0.29, 0.717) is 24.3 Å². The minimum atomic E-state index is -0.843. The molecule has 1 aliphatic heterocycles. The molecular formula is C19H26O4S. The van der Waals surface area contributed by atoms with Crippen molar-refractivity contribution in [2.75, 3.05) is 18.6 Å². The van der Waals surface area contributed by atoms with Gasteiger partial charge >= 0.3 is 5.97 Å². The van der Waals surface area contributed by atoms with Gasteiger partial charge in [0.15, 0.2) is 11.5 Å². The SMILES string of the molecule is COc1cccc(C2(C(=O)O)CCCCC2)c1OC1CCCSC1. The zero-order chi connectivity index (χ0) is 17.0. The third kappa shape index (κ3) is 3.37. The number of para-hydroxylation sites is 1. The second-order valence-corrected chi connectivity index (χ2v) is 7.89. The largest absolute Gasteiger partial charge is 0.493 e. The second kappa shape index (κ2) is 7.68. The highest BCUT2D eigenvalue weighted by Gasteiger charge is 2.44. The first-order valence-electron chi connectivity index (χ1n) is 8.82. The average molecular weight is 350 g/mol. The second-order valence-electron chi connectivity index (χ2n) is 6.74. The number of hydrogen-bond acceptors (Lipinski definition) is 4. The third-order valence-corrected chi connectivity index (χ3v) is 6.42. The molecule has 24 heavy (non-hydrogen) atoms. The van der Waals surface area contributed by atoms with Crippen molar-refractivity contribution in [3.63, 3.8) is 0 Å². The summed E-state index contributed by atoms with van der Waals surface area (Å²) >= 11 is 1.90. The van der Waals surface area contributed by atoms with Crippen LogP contribution in [0.3, 0.4) is 0 Å². The zero-order valence-electron chi connectivity index (χ0n) is 14.3. The number of methoxy groups -OCH3 is 1. The van der Waals surface area contributed by atoms with Crippen LogP contribution >= 0.6 is 11.8 Å². The third-order valence-electron chi connectivity index (χ3n) is 5.23. The fourth-order valence-electron chi connectivity index (χ4n) is 3.90. The first-order valence-corrected chi connectivity index (χ1v) is 9.98. The molecule has 4 nitrogen and oxygen atoms in total. The van der Waals surface area contributed by atoms with Crippen LogP contribution in [0.2, 0.25) is 0 Å². The molecule has 1 heterocycles. The lowest BCUT2D eigenvalue weighted by Gasteiger charge is -2.36. The Morgan fingerprint density at radius 3 is 2.67 bits per heavy atom. The summed E-state index contributed by atoms with van der Waals surface area (Å²) in [5, 5.41) is 10.0. The maximum atomic E-state index is 12.2. The summed E-state index contributed by atoms with van der Waals surface area (Å²) in [5.74, 6) is 2.69. The molecule has 1 aliphatic carbocycles. The molecule has 1 atom stereocenters. The van der Waals surface area contributed by atoms with E-state index in [0.717, 1.165) is 43.4 Å². The zero-order valence-corrected chi connectivity index (χ0v) is 15.1. The van der Waals surface area contributed by atoms with Crippen LogP contribution < -0.4 is 9.47 Å². The molecule has 1 unspecified atom stereocenters. The number of ether oxygens (including phenoxy) is 2. The van der Waals surface area contributed by atoms with Crippen LogP contribution in [0, 0.1) is 0 Å². The average Bonchev–Trinajstić information content (AvgIpc) is 2.63. The van der Waals surface area contributed by atoms with Gasteiger partial charge in [0.2, 0.25) is 0 Å². The standard InChI is InChI=1S/C19H26O4S/c1-22-16-9-5-8-15(17(16)23-14-7-6-12-24-13-14)19(18(20)21)10-3-2-4-11-19/h5,8-9,14H,2-4,6-7,10-13H2,1H3,(H,20,21). The van der Waals surface area contributed by atoms with Gasteiger partial charge in [-0.25, -0.2) is 0 Å². The Labute approximate surface area is 147 Å². The minimum absolute atomic E-state index is 0.133. The lowest BCUT2D eigenvalue weighted by atomic mass is 9.69. The van der Waals surface area contributed by atoms with Gasteiger partial charge in [-0.05, 0) is 37.5 Å². The Morgan fingerprint density at radius 2 is 2.04 bits per heavy atom. The summed E-state index contributed by atoms with van der Waals surface area (Å²) in [7, 11) is 1.62. The molecule has 132 valence electrons. The monoisotopic (exact) mass is 350 g/mol. The highest BCUT2D eigenvalue weighted by atomic mass is 32.2. The van der Waals surface area contributed by atoms with Gasteiger partial charge < -0.3 is 14.6 Å². The summed E-state index contributed by atoms with van der Waals surface area (Å²) in [6.45, 7) is 0. The molecule has 0 spiro atoms. The number of hydrogen-bond donors (Lipinski definition) is 1. The number of benzene rings is 1. The Bertz CT molecular complexity index is 575. The molecule has 5 heteroatoms. The first kappa shape index (κ1) is 17.5. The maximum absolute atomic E-state index is 12.2. The Kier molecular flexibility index (Phi) is 5.59. The maximum Gasteiger partial charge on any atom is 0.314 e. The summed E-state index contributed by atoms with van der Waals surface area (Å²) in [6, 6.07) is 5.68. The lowest BCUT2D eigenvalue weighted by Crippen LogP contribution is -2.38. The van der Waals surface area contributed by atoms with Gasteiger partial charge in [-0.15, -0.1) is 0 Å². The van der Waals surface area contributed by atoms with E-state index in [2.05, 4.69) is 0 Å². The fourth-order valence-corrected chi connectivity index (χ4v) is 4.93. The molecule has 1 aromatic carbocycles. The number of aliphatic carboxylic acids is 1. The van der Waals surface area contributed by atoms with Gasteiger partial charge in [0, 0.05) is 11.3 Å². The van der Waals surface area contributed by atoms with Crippen LogP contribution in [-0.4, -0.2) is 35.8 Å². The smallest absolute Gasteiger partial charge is 0.314 e. The Hall–Kier alpha value is -1.36. The molecule has 3 rings (SSSR count). The van der Waals surface area contributed by atoms with E-state index < -0.39 is 11.4 Å². The Morgan fingerprint density at radius 1 is 1.25 bits per heavy atom. The van der Waals surface area contributed by atoms with Crippen LogP contribution in [0.4, 0.5) is 0 Å². The van der Waals surface area contributed by atoms with Gasteiger partial charge in [0.05, 0.1) is 12.5 Å². The molecule has 1 N–H and O–H groups in total. The molecule has 0 aromatic heterocycles. The summed E-state index contributed by atoms with van der Waals surface area (Å²) in [4.78, 5) is 12.2. The van der Waals surface area contributed by atoms with Crippen molar-refractivity contribution in [2.24, 2.45) is 0 Å². The van der Waals surface area contributed by atoms with E-state index in [1.54, 1.807) is 7.11 Å². The first-order chi connectivity index (χ1) is 11.7. The fraction of sp³-hybridized carbons (Fsp3) is 0.632. The molecule has 2 fully saturated rings. The predicted molar refractivity (Wildman–Crippen MR) is 96.4 cm³/mol. The van der Waals surface area contributed by atoms with E-state index >= 15 is 0 Å². The molecule has 0 amide bonds. The quantitative estimate of drug-likeness (QED) is 0.860. The van der Waals surface area contributed by atoms with E-state index in [-0.39, 0.29) is 6.10 Å². The number of carboxylic acid groups (broad SMARTS) is 1. The molecule has 1 saturated carbocycles. The van der Waals surface area contributed by atoms with Crippen molar-refractivity contribution < 1.29 is 19.4 Å². The predicted octanol–water partition coefficient (Wildman–Crippen LogP) is 4.26. The normalized spacial score (nSPS) is 23.5. The molecule has 2 aliphatic rings. The van der Waals surface area contributed by atoms with Gasteiger partial charge in [0.25, 0.3) is 0 Å². The number of carbonyl (C=O) groups is 1. The van der Waals surface area contributed by atoms with Crippen molar-refractivity contribution in [1.82, 2.24) is 0 Å². The van der Waals surface area contributed by atoms with Crippen LogP contribution in [-0.2, 0) is 10.2 Å².